The van der Waals surface area contributed by atoms with Crippen molar-refractivity contribution in [1.82, 2.24) is 0 Å². The monoisotopic (exact) mass is 493 g/mol. The molecule has 1 aliphatic heterocycles. The van der Waals surface area contributed by atoms with Gasteiger partial charge in [0.25, 0.3) is 0 Å². The number of hydrogen-bond acceptors (Lipinski definition) is 4. The number of Topliss-reactive ketones (excluding diaryl/α,β-unsaturated/α-hetero) is 1. The first-order valence-electron chi connectivity index (χ1n) is 9.15. The van der Waals surface area contributed by atoms with E-state index in [1.807, 2.05) is 36.4 Å². The summed E-state index contributed by atoms with van der Waals surface area (Å²) in [5.74, 6) is -1.61. The molecule has 0 spiro atoms. The summed E-state index contributed by atoms with van der Waals surface area (Å²) in [6, 6.07) is 14.8. The van der Waals surface area contributed by atoms with Crippen LogP contribution in [0.15, 0.2) is 48.5 Å². The molecule has 0 radical (unpaired) electrons. The maximum atomic E-state index is 13.5. The average Bonchev–Trinajstić information content (AvgIpc) is 2.78. The second-order valence-electron chi connectivity index (χ2n) is 6.72. The minimum atomic E-state index is -0.661. The number of esters is 1. The van der Waals surface area contributed by atoms with Gasteiger partial charge in [0.2, 0.25) is 6.54 Å². The fraction of sp³-hybridized carbons (Fsp3) is 0.333. The summed E-state index contributed by atoms with van der Waals surface area (Å²) in [4.78, 5) is 39.3. The minimum Gasteiger partial charge on any atom is -0.466 e. The van der Waals surface area contributed by atoms with Crippen molar-refractivity contribution < 1.29 is 19.2 Å². The summed E-state index contributed by atoms with van der Waals surface area (Å²) in [5, 5.41) is 1.45. The number of rotatable bonds is 5. The van der Waals surface area contributed by atoms with Crippen LogP contribution in [-0.4, -0.2) is 36.8 Å². The first-order chi connectivity index (χ1) is 13.4. The standard InChI is InChI=1S/C21H22IN2O4/c1-3-28-20(25)12-16(14-7-5-4-6-8-14)18-13-24(27)23(2)19-10-9-15(22)11-17(19)21(18)26/h4-11,16,18H,3,12-13H2,1-2H3/q+1. The van der Waals surface area contributed by atoms with Gasteiger partial charge in [0, 0.05) is 15.1 Å². The Hall–Kier alpha value is -2.29. The fourth-order valence-corrected chi connectivity index (χ4v) is 4.07. The molecule has 28 heavy (non-hydrogen) atoms. The molecule has 146 valence electrons. The summed E-state index contributed by atoms with van der Waals surface area (Å²) in [7, 11) is 1.65. The van der Waals surface area contributed by atoms with Gasteiger partial charge in [-0.25, -0.2) is 0 Å². The number of nitrogens with zero attached hydrogens (tertiary/aromatic N) is 2. The zero-order valence-electron chi connectivity index (χ0n) is 15.8. The molecular weight excluding hydrogens is 471 g/mol. The normalized spacial score (nSPS) is 17.7. The van der Waals surface area contributed by atoms with Gasteiger partial charge in [0.05, 0.1) is 30.9 Å². The topological polar surface area (TPSA) is 66.7 Å². The van der Waals surface area contributed by atoms with Gasteiger partial charge in [-0.2, -0.15) is 0 Å². The van der Waals surface area contributed by atoms with E-state index in [0.717, 1.165) is 14.0 Å². The smallest absolute Gasteiger partial charge is 0.306 e. The van der Waals surface area contributed by atoms with Crippen molar-refractivity contribution in [1.29, 1.82) is 0 Å². The van der Waals surface area contributed by atoms with Gasteiger partial charge in [-0.1, -0.05) is 30.3 Å². The SMILES string of the molecule is CCOC(=O)CC(c1ccccc1)C1C[N+](=O)N(C)c2ccc(I)cc2C1=O. The van der Waals surface area contributed by atoms with Crippen LogP contribution < -0.4 is 5.01 Å². The Morgan fingerprint density at radius 1 is 1.29 bits per heavy atom. The molecule has 1 aliphatic rings. The summed E-state index contributed by atoms with van der Waals surface area (Å²) >= 11 is 2.15. The molecule has 2 aromatic rings. The predicted octanol–water partition coefficient (Wildman–Crippen LogP) is 3.97. The lowest BCUT2D eigenvalue weighted by Gasteiger charge is -2.22. The van der Waals surface area contributed by atoms with E-state index in [0.29, 0.717) is 11.3 Å². The zero-order chi connectivity index (χ0) is 20.3. The lowest BCUT2D eigenvalue weighted by molar-refractivity contribution is -0.562. The number of ketones is 1. The van der Waals surface area contributed by atoms with Crippen molar-refractivity contribution >= 4 is 40.0 Å². The van der Waals surface area contributed by atoms with Crippen molar-refractivity contribution in [2.24, 2.45) is 5.92 Å². The van der Waals surface area contributed by atoms with Crippen LogP contribution in [0.2, 0.25) is 0 Å². The molecule has 2 atom stereocenters. The molecule has 0 N–H and O–H groups in total. The number of hydrogen-bond donors (Lipinski definition) is 0. The molecule has 6 nitrogen and oxygen atoms in total. The van der Waals surface area contributed by atoms with E-state index in [9.17, 15) is 14.5 Å². The number of halogens is 1. The van der Waals surface area contributed by atoms with Gasteiger partial charge < -0.3 is 4.74 Å². The van der Waals surface area contributed by atoms with Gasteiger partial charge in [-0.05, 0) is 53.3 Å². The Morgan fingerprint density at radius 2 is 2.00 bits per heavy atom. The lowest BCUT2D eigenvalue weighted by atomic mass is 9.79. The Morgan fingerprint density at radius 3 is 2.68 bits per heavy atom. The van der Waals surface area contributed by atoms with Gasteiger partial charge in [0.15, 0.2) is 5.78 Å². The van der Waals surface area contributed by atoms with Crippen molar-refractivity contribution in [3.8, 4) is 0 Å². The van der Waals surface area contributed by atoms with E-state index in [-0.39, 0.29) is 31.3 Å². The minimum absolute atomic E-state index is 0.0282. The molecule has 7 heteroatoms. The van der Waals surface area contributed by atoms with E-state index < -0.39 is 11.8 Å². The Bertz CT molecular complexity index is 901. The third-order valence-corrected chi connectivity index (χ3v) is 5.67. The summed E-state index contributed by atoms with van der Waals surface area (Å²) in [5.41, 5.74) is 1.92. The van der Waals surface area contributed by atoms with Crippen LogP contribution in [0, 0.1) is 14.4 Å². The number of nitroso groups, excluding NO2 is 1. The predicted molar refractivity (Wildman–Crippen MR) is 114 cm³/mol. The van der Waals surface area contributed by atoms with Crippen molar-refractivity contribution in [2.45, 2.75) is 19.3 Å². The molecule has 0 bridgehead atoms. The number of ether oxygens (including phenoxy) is 1. The summed E-state index contributed by atoms with van der Waals surface area (Å²) in [6.07, 6.45) is 0.0467. The maximum absolute atomic E-state index is 13.5. The van der Waals surface area contributed by atoms with Crippen LogP contribution in [0.5, 0.6) is 0 Å². The number of fused-ring (bicyclic) bond motifs is 1. The van der Waals surface area contributed by atoms with Gasteiger partial charge in [-0.15, -0.1) is 5.01 Å². The van der Waals surface area contributed by atoms with Crippen molar-refractivity contribution in [2.75, 3.05) is 25.2 Å². The highest BCUT2D eigenvalue weighted by molar-refractivity contribution is 14.1. The first kappa shape index (κ1) is 20.4. The molecule has 1 heterocycles. The van der Waals surface area contributed by atoms with Crippen molar-refractivity contribution in [3.05, 3.63) is 68.1 Å². The number of carbonyl (C=O) groups is 2. The molecule has 2 unspecified atom stereocenters. The van der Waals surface area contributed by atoms with Crippen LogP contribution in [0.25, 0.3) is 0 Å². The molecule has 0 fully saturated rings. The highest BCUT2D eigenvalue weighted by atomic mass is 127. The van der Waals surface area contributed by atoms with E-state index in [4.69, 9.17) is 4.74 Å². The molecule has 2 aromatic carbocycles. The van der Waals surface area contributed by atoms with E-state index in [1.54, 1.807) is 26.1 Å². The second-order valence-corrected chi connectivity index (χ2v) is 7.96. The number of anilines is 1. The number of carbonyl (C=O) groups excluding carboxylic acids is 2. The van der Waals surface area contributed by atoms with E-state index in [1.165, 1.54) is 5.01 Å². The largest absolute Gasteiger partial charge is 0.466 e. The van der Waals surface area contributed by atoms with Crippen molar-refractivity contribution in [3.63, 3.8) is 0 Å². The Balaban J connectivity index is 2.07. The highest BCUT2D eigenvalue weighted by Crippen LogP contribution is 2.36. The van der Waals surface area contributed by atoms with E-state index >= 15 is 0 Å². The molecule has 3 rings (SSSR count). The Kier molecular flexibility index (Phi) is 6.43. The third kappa shape index (κ3) is 4.24. The van der Waals surface area contributed by atoms with Gasteiger partial charge in [0.1, 0.15) is 10.6 Å². The van der Waals surface area contributed by atoms with E-state index in [2.05, 4.69) is 22.6 Å². The number of benzene rings is 2. The molecule has 0 saturated heterocycles. The molecule has 0 aliphatic carbocycles. The van der Waals surface area contributed by atoms with Crippen LogP contribution >= 0.6 is 22.6 Å². The molecular formula is C21H22IN2O4+. The Labute approximate surface area is 177 Å². The van der Waals surface area contributed by atoms with Gasteiger partial charge >= 0.3 is 5.97 Å². The van der Waals surface area contributed by atoms with Crippen LogP contribution in [0.4, 0.5) is 5.69 Å². The molecule has 0 aromatic heterocycles. The average molecular weight is 493 g/mol. The molecule has 0 amide bonds. The van der Waals surface area contributed by atoms with Gasteiger partial charge in [-0.3, -0.25) is 9.59 Å². The third-order valence-electron chi connectivity index (χ3n) is 5.00. The quantitative estimate of drug-likeness (QED) is 0.359. The maximum Gasteiger partial charge on any atom is 0.306 e. The molecule has 0 saturated carbocycles. The zero-order valence-corrected chi connectivity index (χ0v) is 18.0. The van der Waals surface area contributed by atoms with Crippen LogP contribution in [-0.2, 0) is 9.53 Å². The van der Waals surface area contributed by atoms with Crippen LogP contribution in [0.1, 0.15) is 35.2 Å². The number of hydrazine groups is 1. The van der Waals surface area contributed by atoms with Crippen LogP contribution in [0.3, 0.4) is 0 Å². The second kappa shape index (κ2) is 8.81. The lowest BCUT2D eigenvalue weighted by Crippen LogP contribution is -2.35. The first-order valence-corrected chi connectivity index (χ1v) is 10.2. The fourth-order valence-electron chi connectivity index (χ4n) is 3.58. The highest BCUT2D eigenvalue weighted by Gasteiger charge is 2.43. The summed E-state index contributed by atoms with van der Waals surface area (Å²) in [6.45, 7) is 1.99. The summed E-state index contributed by atoms with van der Waals surface area (Å²) < 4.78 is 6.05.